The molecular formula is C20H23ClN4O3. The smallest absolute Gasteiger partial charge is 0.269 e. The maximum Gasteiger partial charge on any atom is 0.269 e. The molecule has 3 rings (SSSR count). The molecule has 0 unspecified atom stereocenters. The van der Waals surface area contributed by atoms with Crippen molar-refractivity contribution in [2.24, 2.45) is 0 Å². The van der Waals surface area contributed by atoms with E-state index in [2.05, 4.69) is 27.2 Å². The van der Waals surface area contributed by atoms with E-state index in [1.165, 1.54) is 17.7 Å². The predicted octanol–water partition coefficient (Wildman–Crippen LogP) is 3.39. The minimum absolute atomic E-state index is 0.00877. The lowest BCUT2D eigenvalue weighted by atomic mass is 10.2. The van der Waals surface area contributed by atoms with Crippen LogP contribution in [0.1, 0.15) is 12.0 Å². The average molecular weight is 403 g/mol. The Morgan fingerprint density at radius 3 is 2.21 bits per heavy atom. The second-order valence-electron chi connectivity index (χ2n) is 6.85. The van der Waals surface area contributed by atoms with Crippen LogP contribution >= 0.6 is 11.6 Å². The number of nitrogens with one attached hydrogen (secondary N) is 1. The van der Waals surface area contributed by atoms with Crippen LogP contribution in [0.15, 0.2) is 48.5 Å². The van der Waals surface area contributed by atoms with Crippen LogP contribution in [0.3, 0.4) is 0 Å². The van der Waals surface area contributed by atoms with Gasteiger partial charge in [-0.2, -0.15) is 0 Å². The fraction of sp³-hybridized carbons (Fsp3) is 0.350. The summed E-state index contributed by atoms with van der Waals surface area (Å²) in [5, 5.41) is 14.2. The molecule has 0 radical (unpaired) electrons. The highest BCUT2D eigenvalue weighted by Gasteiger charge is 2.17. The highest BCUT2D eigenvalue weighted by molar-refractivity contribution is 6.30. The maximum atomic E-state index is 12.1. The molecular weight excluding hydrogens is 380 g/mol. The van der Waals surface area contributed by atoms with Gasteiger partial charge in [0.05, 0.1) is 4.92 Å². The Bertz CT molecular complexity index is 803. The third-order valence-electron chi connectivity index (χ3n) is 4.80. The molecule has 1 N–H and O–H groups in total. The molecule has 1 fully saturated rings. The van der Waals surface area contributed by atoms with Crippen molar-refractivity contribution in [3.8, 4) is 0 Å². The minimum Gasteiger partial charge on any atom is -0.326 e. The Morgan fingerprint density at radius 2 is 1.61 bits per heavy atom. The molecule has 0 bridgehead atoms. The molecule has 2 aromatic carbocycles. The van der Waals surface area contributed by atoms with Crippen LogP contribution in [-0.4, -0.2) is 53.4 Å². The SMILES string of the molecule is O=C(CCN1CCN(Cc2ccc(Cl)cc2)CC1)Nc1ccc([N+](=O)[O-])cc1. The van der Waals surface area contributed by atoms with Crippen molar-refractivity contribution in [2.75, 3.05) is 38.0 Å². The van der Waals surface area contributed by atoms with E-state index in [0.29, 0.717) is 18.7 Å². The number of halogens is 1. The number of nitro groups is 1. The zero-order chi connectivity index (χ0) is 19.9. The van der Waals surface area contributed by atoms with Gasteiger partial charge in [-0.3, -0.25) is 19.8 Å². The van der Waals surface area contributed by atoms with Crippen LogP contribution in [0.5, 0.6) is 0 Å². The van der Waals surface area contributed by atoms with E-state index < -0.39 is 4.92 Å². The average Bonchev–Trinajstić information content (AvgIpc) is 2.69. The molecule has 1 aliphatic heterocycles. The zero-order valence-electron chi connectivity index (χ0n) is 15.5. The Morgan fingerprint density at radius 1 is 1.00 bits per heavy atom. The van der Waals surface area contributed by atoms with Gasteiger partial charge in [0, 0.05) is 68.5 Å². The molecule has 7 nitrogen and oxygen atoms in total. The number of benzene rings is 2. The molecule has 148 valence electrons. The molecule has 0 saturated carbocycles. The van der Waals surface area contributed by atoms with Crippen LogP contribution in [0, 0.1) is 10.1 Å². The summed E-state index contributed by atoms with van der Waals surface area (Å²) in [7, 11) is 0. The molecule has 1 amide bonds. The normalized spacial score (nSPS) is 15.3. The first-order chi connectivity index (χ1) is 13.5. The zero-order valence-corrected chi connectivity index (χ0v) is 16.3. The number of piperazine rings is 1. The van der Waals surface area contributed by atoms with Crippen molar-refractivity contribution >= 4 is 28.9 Å². The van der Waals surface area contributed by atoms with Gasteiger partial charge in [0.2, 0.25) is 5.91 Å². The lowest BCUT2D eigenvalue weighted by molar-refractivity contribution is -0.384. The molecule has 0 atom stereocenters. The molecule has 0 aromatic heterocycles. The summed E-state index contributed by atoms with van der Waals surface area (Å²) in [5.74, 6) is -0.0857. The second-order valence-corrected chi connectivity index (χ2v) is 7.28. The molecule has 1 heterocycles. The van der Waals surface area contributed by atoms with E-state index in [1.807, 2.05) is 12.1 Å². The first-order valence-electron chi connectivity index (χ1n) is 9.23. The van der Waals surface area contributed by atoms with E-state index in [4.69, 9.17) is 11.6 Å². The number of carbonyl (C=O) groups is 1. The largest absolute Gasteiger partial charge is 0.326 e. The molecule has 2 aromatic rings. The first-order valence-corrected chi connectivity index (χ1v) is 9.61. The second kappa shape index (κ2) is 9.64. The molecule has 0 aliphatic carbocycles. The van der Waals surface area contributed by atoms with Gasteiger partial charge in [0.15, 0.2) is 0 Å². The number of amides is 1. The summed E-state index contributed by atoms with van der Waals surface area (Å²) in [6.45, 7) is 5.40. The van der Waals surface area contributed by atoms with Gasteiger partial charge < -0.3 is 10.2 Å². The summed E-state index contributed by atoms with van der Waals surface area (Å²) in [4.78, 5) is 27.0. The predicted molar refractivity (Wildman–Crippen MR) is 110 cm³/mol. The number of nitro benzene ring substituents is 1. The van der Waals surface area contributed by atoms with Crippen LogP contribution in [-0.2, 0) is 11.3 Å². The number of hydrogen-bond donors (Lipinski definition) is 1. The topological polar surface area (TPSA) is 78.7 Å². The van der Waals surface area contributed by atoms with E-state index >= 15 is 0 Å². The highest BCUT2D eigenvalue weighted by Crippen LogP contribution is 2.16. The fourth-order valence-corrected chi connectivity index (χ4v) is 3.29. The quantitative estimate of drug-likeness (QED) is 0.567. The lowest BCUT2D eigenvalue weighted by Gasteiger charge is -2.34. The summed E-state index contributed by atoms with van der Waals surface area (Å²) < 4.78 is 0. The molecule has 0 spiro atoms. The van der Waals surface area contributed by atoms with Crippen molar-refractivity contribution in [2.45, 2.75) is 13.0 Å². The van der Waals surface area contributed by atoms with Gasteiger partial charge in [-0.05, 0) is 29.8 Å². The Kier molecular flexibility index (Phi) is 6.97. The van der Waals surface area contributed by atoms with E-state index in [0.717, 1.165) is 37.7 Å². The molecule has 8 heteroatoms. The molecule has 1 saturated heterocycles. The van der Waals surface area contributed by atoms with E-state index in [-0.39, 0.29) is 11.6 Å². The highest BCUT2D eigenvalue weighted by atomic mass is 35.5. The number of non-ortho nitro benzene ring substituents is 1. The third-order valence-corrected chi connectivity index (χ3v) is 5.05. The first kappa shape index (κ1) is 20.3. The van der Waals surface area contributed by atoms with Gasteiger partial charge >= 0.3 is 0 Å². The molecule has 1 aliphatic rings. The van der Waals surface area contributed by atoms with Gasteiger partial charge in [-0.1, -0.05) is 23.7 Å². The Hall–Kier alpha value is -2.48. The van der Waals surface area contributed by atoms with Gasteiger partial charge in [0.25, 0.3) is 5.69 Å². The summed E-state index contributed by atoms with van der Waals surface area (Å²) in [6.07, 6.45) is 0.397. The van der Waals surface area contributed by atoms with Crippen molar-refractivity contribution in [1.29, 1.82) is 0 Å². The summed E-state index contributed by atoms with van der Waals surface area (Å²) in [6, 6.07) is 13.8. The van der Waals surface area contributed by atoms with Crippen LogP contribution < -0.4 is 5.32 Å². The van der Waals surface area contributed by atoms with Crippen LogP contribution in [0.4, 0.5) is 11.4 Å². The third kappa shape index (κ3) is 6.02. The Balaban J connectivity index is 1.37. The summed E-state index contributed by atoms with van der Waals surface area (Å²) in [5.41, 5.74) is 1.83. The number of anilines is 1. The van der Waals surface area contributed by atoms with Crippen molar-refractivity contribution in [3.05, 3.63) is 69.2 Å². The van der Waals surface area contributed by atoms with Gasteiger partial charge in [-0.25, -0.2) is 0 Å². The van der Waals surface area contributed by atoms with Crippen molar-refractivity contribution < 1.29 is 9.72 Å². The number of hydrogen-bond acceptors (Lipinski definition) is 5. The Labute approximate surface area is 169 Å². The van der Waals surface area contributed by atoms with E-state index in [9.17, 15) is 14.9 Å². The fourth-order valence-electron chi connectivity index (χ4n) is 3.17. The van der Waals surface area contributed by atoms with Gasteiger partial charge in [-0.15, -0.1) is 0 Å². The maximum absolute atomic E-state index is 12.1. The minimum atomic E-state index is -0.460. The molecule has 28 heavy (non-hydrogen) atoms. The van der Waals surface area contributed by atoms with Gasteiger partial charge in [0.1, 0.15) is 0 Å². The standard InChI is InChI=1S/C20H23ClN4O3/c21-17-3-1-16(2-4-17)15-24-13-11-23(12-14-24)10-9-20(26)22-18-5-7-19(8-6-18)25(27)28/h1-8H,9-15H2,(H,22,26). The van der Waals surface area contributed by atoms with Crippen LogP contribution in [0.25, 0.3) is 0 Å². The number of nitrogens with zero attached hydrogens (tertiary/aromatic N) is 3. The van der Waals surface area contributed by atoms with Crippen molar-refractivity contribution in [1.82, 2.24) is 9.80 Å². The number of carbonyl (C=O) groups excluding carboxylic acids is 1. The lowest BCUT2D eigenvalue weighted by Crippen LogP contribution is -2.46. The van der Waals surface area contributed by atoms with Crippen LogP contribution in [0.2, 0.25) is 5.02 Å². The number of rotatable bonds is 7. The summed E-state index contributed by atoms with van der Waals surface area (Å²) >= 11 is 5.92. The monoisotopic (exact) mass is 402 g/mol. The van der Waals surface area contributed by atoms with Crippen molar-refractivity contribution in [3.63, 3.8) is 0 Å². The van der Waals surface area contributed by atoms with E-state index in [1.54, 1.807) is 12.1 Å².